The van der Waals surface area contributed by atoms with Crippen LogP contribution in [0, 0.1) is 0 Å². The number of nitrogens with zero attached hydrogens (tertiary/aromatic N) is 2. The molecule has 0 unspecified atom stereocenters. The summed E-state index contributed by atoms with van der Waals surface area (Å²) in [5.41, 5.74) is 23.3. The molecule has 2 aromatic heterocycles. The molecule has 0 saturated heterocycles. The van der Waals surface area contributed by atoms with E-state index in [0.717, 1.165) is 74.2 Å². The Morgan fingerprint density at radius 1 is 0.329 bits per heavy atom. The van der Waals surface area contributed by atoms with Gasteiger partial charge in [-0.15, -0.1) is 0 Å². The van der Waals surface area contributed by atoms with Crippen molar-refractivity contribution in [2.45, 2.75) is 12.8 Å². The van der Waals surface area contributed by atoms with E-state index < -0.39 is 0 Å². The molecule has 0 atom stereocenters. The SMILES string of the molecule is C1=C(c2cccc(-c3ccc(N(c4ccc(-c5cccc(-c6ccc7oc8ccccc8c7c6)c5)cc4)c4ccc(-c5cccc(-n6c7ccccc7c7ccccc76)c5)cc4)cc3)c2)c2ccccc2CC1. The molecule has 3 nitrogen and oxygen atoms in total. The van der Waals surface area contributed by atoms with Crippen LogP contribution in [0.4, 0.5) is 17.1 Å². The first-order valence-electron chi connectivity index (χ1n) is 25.3. The third-order valence-electron chi connectivity index (χ3n) is 14.9. The molecular weight excluding hydrogens is 885 g/mol. The zero-order valence-corrected chi connectivity index (χ0v) is 40.1. The minimum absolute atomic E-state index is 0.906. The third-order valence-corrected chi connectivity index (χ3v) is 14.9. The number of aryl methyl sites for hydroxylation is 1. The Morgan fingerprint density at radius 3 is 1.44 bits per heavy atom. The monoisotopic (exact) mass is 932 g/mol. The van der Waals surface area contributed by atoms with E-state index in [-0.39, 0.29) is 0 Å². The van der Waals surface area contributed by atoms with Gasteiger partial charge in [0, 0.05) is 44.3 Å². The lowest BCUT2D eigenvalue weighted by Gasteiger charge is -2.26. The van der Waals surface area contributed by atoms with Gasteiger partial charge in [0.1, 0.15) is 11.2 Å². The second-order valence-corrected chi connectivity index (χ2v) is 19.2. The number of benzene rings is 11. The Bertz CT molecular complexity index is 4190. The second kappa shape index (κ2) is 17.8. The molecule has 0 fully saturated rings. The lowest BCUT2D eigenvalue weighted by molar-refractivity contribution is 0.669. The van der Waals surface area contributed by atoms with Crippen LogP contribution in [0.2, 0.25) is 0 Å². The number of hydrogen-bond donors (Lipinski definition) is 0. The second-order valence-electron chi connectivity index (χ2n) is 19.2. The molecule has 0 bridgehead atoms. The fourth-order valence-electron chi connectivity index (χ4n) is 11.3. The van der Waals surface area contributed by atoms with Crippen LogP contribution in [0.5, 0.6) is 0 Å². The van der Waals surface area contributed by atoms with Crippen LogP contribution in [0.25, 0.3) is 99.5 Å². The highest BCUT2D eigenvalue weighted by molar-refractivity contribution is 6.09. The van der Waals surface area contributed by atoms with Crippen molar-refractivity contribution >= 4 is 66.4 Å². The minimum Gasteiger partial charge on any atom is -0.456 e. The van der Waals surface area contributed by atoms with Gasteiger partial charge in [-0.1, -0.05) is 176 Å². The molecule has 0 saturated carbocycles. The van der Waals surface area contributed by atoms with Gasteiger partial charge in [-0.3, -0.25) is 0 Å². The molecule has 0 amide bonds. The number of fused-ring (bicyclic) bond motifs is 7. The molecular formula is C70H48N2O. The molecule has 1 aliphatic carbocycles. The highest BCUT2D eigenvalue weighted by atomic mass is 16.3. The van der Waals surface area contributed by atoms with Gasteiger partial charge in [-0.25, -0.2) is 0 Å². The van der Waals surface area contributed by atoms with Gasteiger partial charge in [0.25, 0.3) is 0 Å². The van der Waals surface area contributed by atoms with Gasteiger partial charge in [0.15, 0.2) is 0 Å². The van der Waals surface area contributed by atoms with Crippen molar-refractivity contribution in [2.75, 3.05) is 4.90 Å². The number of anilines is 3. The number of rotatable bonds is 9. The molecule has 3 heteroatoms. The van der Waals surface area contributed by atoms with E-state index in [1.807, 2.05) is 12.1 Å². The first-order valence-corrected chi connectivity index (χ1v) is 25.3. The normalized spacial score (nSPS) is 12.4. The fraction of sp³-hybridized carbons (Fsp3) is 0.0286. The molecule has 14 rings (SSSR count). The first kappa shape index (κ1) is 42.4. The molecule has 0 spiro atoms. The van der Waals surface area contributed by atoms with Gasteiger partial charge in [-0.2, -0.15) is 0 Å². The molecule has 0 N–H and O–H groups in total. The van der Waals surface area contributed by atoms with Crippen molar-refractivity contribution in [2.24, 2.45) is 0 Å². The summed E-state index contributed by atoms with van der Waals surface area (Å²) in [5.74, 6) is 0. The van der Waals surface area contributed by atoms with Gasteiger partial charge in [0.2, 0.25) is 0 Å². The van der Waals surface area contributed by atoms with Crippen LogP contribution >= 0.6 is 0 Å². The fourth-order valence-corrected chi connectivity index (χ4v) is 11.3. The highest BCUT2D eigenvalue weighted by Gasteiger charge is 2.18. The van der Waals surface area contributed by atoms with Crippen molar-refractivity contribution < 1.29 is 4.42 Å². The summed E-state index contributed by atoms with van der Waals surface area (Å²) in [4.78, 5) is 2.37. The predicted molar refractivity (Wildman–Crippen MR) is 306 cm³/mol. The summed E-state index contributed by atoms with van der Waals surface area (Å²) in [5, 5.41) is 4.79. The maximum atomic E-state index is 6.15. The minimum atomic E-state index is 0.906. The summed E-state index contributed by atoms with van der Waals surface area (Å²) in [6, 6.07) is 94.9. The van der Waals surface area contributed by atoms with E-state index >= 15 is 0 Å². The number of hydrogen-bond acceptors (Lipinski definition) is 2. The van der Waals surface area contributed by atoms with E-state index in [1.54, 1.807) is 0 Å². The van der Waals surface area contributed by atoms with E-state index in [0.29, 0.717) is 0 Å². The Hall–Kier alpha value is -9.44. The Kier molecular flexibility index (Phi) is 10.3. The molecule has 11 aromatic carbocycles. The maximum absolute atomic E-state index is 6.15. The highest BCUT2D eigenvalue weighted by Crippen LogP contribution is 2.41. The Balaban J connectivity index is 0.810. The van der Waals surface area contributed by atoms with Crippen molar-refractivity contribution in [1.29, 1.82) is 0 Å². The quantitative estimate of drug-likeness (QED) is 0.144. The lowest BCUT2D eigenvalue weighted by Crippen LogP contribution is -2.09. The number of para-hydroxylation sites is 3. The van der Waals surface area contributed by atoms with Crippen molar-refractivity contribution in [3.63, 3.8) is 0 Å². The van der Waals surface area contributed by atoms with E-state index in [1.165, 1.54) is 71.9 Å². The van der Waals surface area contributed by atoms with Crippen molar-refractivity contribution in [1.82, 2.24) is 4.57 Å². The number of furan rings is 1. The van der Waals surface area contributed by atoms with Gasteiger partial charge in [-0.05, 0) is 171 Å². The lowest BCUT2D eigenvalue weighted by atomic mass is 9.86. The molecule has 1 aliphatic rings. The summed E-state index contributed by atoms with van der Waals surface area (Å²) >= 11 is 0. The van der Waals surface area contributed by atoms with Gasteiger partial charge in [0.05, 0.1) is 11.0 Å². The smallest absolute Gasteiger partial charge is 0.135 e. The average molecular weight is 933 g/mol. The van der Waals surface area contributed by atoms with Gasteiger partial charge < -0.3 is 13.9 Å². The summed E-state index contributed by atoms with van der Waals surface area (Å²) in [7, 11) is 0. The van der Waals surface area contributed by atoms with Gasteiger partial charge >= 0.3 is 0 Å². The van der Waals surface area contributed by atoms with Crippen molar-refractivity contribution in [3.8, 4) is 50.2 Å². The van der Waals surface area contributed by atoms with Crippen LogP contribution in [0.3, 0.4) is 0 Å². The number of allylic oxidation sites excluding steroid dienone is 1. The van der Waals surface area contributed by atoms with E-state index in [4.69, 9.17) is 4.42 Å². The van der Waals surface area contributed by atoms with Crippen LogP contribution in [0.15, 0.2) is 271 Å². The zero-order valence-electron chi connectivity index (χ0n) is 40.1. The predicted octanol–water partition coefficient (Wildman–Crippen LogP) is 19.2. The molecule has 73 heavy (non-hydrogen) atoms. The van der Waals surface area contributed by atoms with Crippen LogP contribution in [0.1, 0.15) is 23.1 Å². The van der Waals surface area contributed by atoms with Crippen LogP contribution < -0.4 is 4.90 Å². The summed E-state index contributed by atoms with van der Waals surface area (Å²) in [6.45, 7) is 0. The average Bonchev–Trinajstić information content (AvgIpc) is 4.01. The van der Waals surface area contributed by atoms with Crippen LogP contribution in [-0.2, 0) is 6.42 Å². The van der Waals surface area contributed by atoms with E-state index in [9.17, 15) is 0 Å². The molecule has 2 heterocycles. The van der Waals surface area contributed by atoms with E-state index in [2.05, 4.69) is 264 Å². The zero-order chi connectivity index (χ0) is 48.2. The summed E-state index contributed by atoms with van der Waals surface area (Å²) < 4.78 is 8.54. The van der Waals surface area contributed by atoms with Crippen LogP contribution in [-0.4, -0.2) is 4.57 Å². The molecule has 0 aliphatic heterocycles. The topological polar surface area (TPSA) is 21.3 Å². The molecule has 13 aromatic rings. The Labute approximate surface area is 424 Å². The first-order chi connectivity index (χ1) is 36.2. The standard InChI is InChI=1S/C70H48N2O/c1-2-21-61-50(13-1)14-12-25-62(61)56-19-10-16-52(44-56)48-31-38-58(39-32-48)71(57-36-29-47(30-37-57)51-15-9-17-53(43-51)55-35-42-70-66(46-55)65-24-5-8-28-69(65)73-70)59-40-33-49(34-41-59)54-18-11-20-60(45-54)72-67-26-6-3-22-63(67)64-23-4-7-27-68(64)72/h1-11,13,15-46H,12,14H2. The third kappa shape index (κ3) is 7.62. The molecule has 344 valence electrons. The molecule has 0 radical (unpaired) electrons. The number of aromatic nitrogens is 1. The Morgan fingerprint density at radius 2 is 0.795 bits per heavy atom. The van der Waals surface area contributed by atoms with Crippen molar-refractivity contribution in [3.05, 3.63) is 284 Å². The maximum Gasteiger partial charge on any atom is 0.135 e. The summed E-state index contributed by atoms with van der Waals surface area (Å²) in [6.07, 6.45) is 4.56. The largest absolute Gasteiger partial charge is 0.456 e.